The van der Waals surface area contributed by atoms with E-state index in [1.165, 1.54) is 12.0 Å². The number of benzene rings is 1. The Balaban J connectivity index is 0.00000306. The molecular weight excluding hydrogens is 400 g/mol. The predicted molar refractivity (Wildman–Crippen MR) is 128 cm³/mol. The van der Waals surface area contributed by atoms with E-state index in [0.717, 1.165) is 64.5 Å². The molecule has 3 aliphatic rings. The van der Waals surface area contributed by atoms with Crippen LogP contribution in [0.15, 0.2) is 24.3 Å². The molecule has 1 N–H and O–H groups in total. The van der Waals surface area contributed by atoms with Crippen molar-refractivity contribution in [2.45, 2.75) is 83.6 Å². The summed E-state index contributed by atoms with van der Waals surface area (Å²) in [4.78, 5) is 40.4. The van der Waals surface area contributed by atoms with Gasteiger partial charge in [0.05, 0.1) is 6.04 Å². The van der Waals surface area contributed by atoms with E-state index in [4.69, 9.17) is 0 Å². The van der Waals surface area contributed by atoms with Gasteiger partial charge in [-0.05, 0) is 68.1 Å². The molecule has 1 aromatic rings. The first kappa shape index (κ1) is 23.0. The normalized spacial score (nSPS) is 21.4. The molecular formula is C27H40N2O3. The van der Waals surface area contributed by atoms with Crippen LogP contribution in [0.1, 0.15) is 94.9 Å². The summed E-state index contributed by atoms with van der Waals surface area (Å²) < 4.78 is 0. The molecule has 0 radical (unpaired) electrons. The van der Waals surface area contributed by atoms with Crippen molar-refractivity contribution in [1.29, 1.82) is 0 Å². The van der Waals surface area contributed by atoms with E-state index in [1.54, 1.807) is 0 Å². The van der Waals surface area contributed by atoms with Gasteiger partial charge in [-0.15, -0.1) is 0 Å². The number of amides is 2. The first-order valence-corrected chi connectivity index (χ1v) is 12.7. The third-order valence-electron chi connectivity index (χ3n) is 7.64. The van der Waals surface area contributed by atoms with Gasteiger partial charge in [-0.3, -0.25) is 14.4 Å². The zero-order valence-electron chi connectivity index (χ0n) is 19.6. The lowest BCUT2D eigenvalue weighted by Gasteiger charge is -2.33. The first-order chi connectivity index (χ1) is 15.4. The molecule has 0 unspecified atom stereocenters. The number of nitrogens with zero attached hydrogens (tertiary/aromatic N) is 1. The van der Waals surface area contributed by atoms with Crippen LogP contribution in [0.5, 0.6) is 0 Å². The maximum atomic E-state index is 13.2. The summed E-state index contributed by atoms with van der Waals surface area (Å²) in [6, 6.07) is 7.50. The van der Waals surface area contributed by atoms with Crippen molar-refractivity contribution in [3.05, 3.63) is 35.4 Å². The number of rotatable bonds is 7. The topological polar surface area (TPSA) is 66.5 Å². The fraction of sp³-hybridized carbons (Fsp3) is 0.667. The van der Waals surface area contributed by atoms with Crippen LogP contribution in [0, 0.1) is 17.8 Å². The van der Waals surface area contributed by atoms with Crippen molar-refractivity contribution in [3.8, 4) is 0 Å². The van der Waals surface area contributed by atoms with E-state index in [0.29, 0.717) is 17.4 Å². The smallest absolute Gasteiger partial charge is 0.251 e. The summed E-state index contributed by atoms with van der Waals surface area (Å²) in [5.41, 5.74) is 1.80. The van der Waals surface area contributed by atoms with E-state index in [1.807, 2.05) is 36.9 Å². The van der Waals surface area contributed by atoms with Gasteiger partial charge in [0.2, 0.25) is 5.91 Å². The number of hydrogen-bond acceptors (Lipinski definition) is 3. The van der Waals surface area contributed by atoms with Gasteiger partial charge in [0, 0.05) is 31.9 Å². The highest BCUT2D eigenvalue weighted by atomic mass is 16.2. The lowest BCUT2D eigenvalue weighted by molar-refractivity contribution is -0.133. The first-order valence-electron chi connectivity index (χ1n) is 12.7. The monoisotopic (exact) mass is 440 g/mol. The highest BCUT2D eigenvalue weighted by molar-refractivity contribution is 5.98. The average Bonchev–Trinajstić information content (AvgIpc) is 3.68. The molecule has 4 rings (SSSR count). The minimum absolute atomic E-state index is 0. The van der Waals surface area contributed by atoms with E-state index in [-0.39, 0.29) is 36.9 Å². The van der Waals surface area contributed by atoms with Gasteiger partial charge in [0.1, 0.15) is 0 Å². The van der Waals surface area contributed by atoms with E-state index in [2.05, 4.69) is 11.4 Å². The SMILES string of the molecule is CC(C)C(=O)[C@H](NC(=O)c1cccc(C2CCN(C(=O)C3CC3)CC2)c1)C1CCCCC1.[HH]. The second-order valence-corrected chi connectivity index (χ2v) is 10.4. The standard InChI is InChI=1S/C27H38N2O3.H2/c1-18(2)25(30)24(20-7-4-3-5-8-20)28-26(31)23-10-6-9-22(17-23)19-13-15-29(16-14-19)27(32)21-11-12-21;/h6,9-10,17-21,24H,3-5,7-8,11-16H2,1-2H3,(H,28,31);1H/t24-;/m1./s1. The summed E-state index contributed by atoms with van der Waals surface area (Å²) >= 11 is 0. The third-order valence-corrected chi connectivity index (χ3v) is 7.64. The number of piperidine rings is 1. The lowest BCUT2D eigenvalue weighted by Crippen LogP contribution is -2.48. The van der Waals surface area contributed by atoms with Gasteiger partial charge in [-0.2, -0.15) is 0 Å². The van der Waals surface area contributed by atoms with Crippen LogP contribution in [-0.4, -0.2) is 41.6 Å². The second-order valence-electron chi connectivity index (χ2n) is 10.4. The Morgan fingerprint density at radius 2 is 1.66 bits per heavy atom. The maximum absolute atomic E-state index is 13.2. The van der Waals surface area contributed by atoms with Crippen molar-refractivity contribution in [2.75, 3.05) is 13.1 Å². The average molecular weight is 441 g/mol. The third kappa shape index (κ3) is 5.41. The molecule has 176 valence electrons. The molecule has 1 saturated heterocycles. The molecule has 2 saturated carbocycles. The number of likely N-dealkylation sites (tertiary alicyclic amines) is 1. The Morgan fingerprint density at radius 3 is 2.28 bits per heavy atom. The van der Waals surface area contributed by atoms with Gasteiger partial charge in [-0.1, -0.05) is 45.2 Å². The number of hydrogen-bond donors (Lipinski definition) is 1. The molecule has 32 heavy (non-hydrogen) atoms. The van der Waals surface area contributed by atoms with E-state index in [9.17, 15) is 14.4 Å². The van der Waals surface area contributed by atoms with E-state index >= 15 is 0 Å². The molecule has 1 atom stereocenters. The Hall–Kier alpha value is -2.17. The van der Waals surface area contributed by atoms with Crippen LogP contribution in [0.25, 0.3) is 0 Å². The molecule has 3 fully saturated rings. The fourth-order valence-corrected chi connectivity index (χ4v) is 5.43. The number of carbonyl (C=O) groups is 3. The summed E-state index contributed by atoms with van der Waals surface area (Å²) in [6.07, 6.45) is 9.53. The quantitative estimate of drug-likeness (QED) is 0.652. The summed E-state index contributed by atoms with van der Waals surface area (Å²) in [6.45, 7) is 5.46. The van der Waals surface area contributed by atoms with Crippen molar-refractivity contribution in [3.63, 3.8) is 0 Å². The van der Waals surface area contributed by atoms with Crippen molar-refractivity contribution < 1.29 is 15.8 Å². The lowest BCUT2D eigenvalue weighted by atomic mass is 9.80. The molecule has 5 nitrogen and oxygen atoms in total. The Morgan fingerprint density at radius 1 is 0.969 bits per heavy atom. The van der Waals surface area contributed by atoms with Gasteiger partial charge in [0.25, 0.3) is 5.91 Å². The van der Waals surface area contributed by atoms with Crippen LogP contribution in [0.2, 0.25) is 0 Å². The van der Waals surface area contributed by atoms with Crippen LogP contribution < -0.4 is 5.32 Å². The largest absolute Gasteiger partial charge is 0.342 e. The van der Waals surface area contributed by atoms with Gasteiger partial charge in [-0.25, -0.2) is 0 Å². The summed E-state index contributed by atoms with van der Waals surface area (Å²) in [5, 5.41) is 3.11. The predicted octanol–water partition coefficient (Wildman–Crippen LogP) is 4.95. The van der Waals surface area contributed by atoms with Crippen LogP contribution in [0.3, 0.4) is 0 Å². The molecule has 0 aromatic heterocycles. The second kappa shape index (κ2) is 10.2. The molecule has 0 bridgehead atoms. The highest BCUT2D eigenvalue weighted by Crippen LogP contribution is 2.34. The highest BCUT2D eigenvalue weighted by Gasteiger charge is 2.35. The molecule has 2 amide bonds. The Labute approximate surface area is 193 Å². The van der Waals surface area contributed by atoms with Crippen molar-refractivity contribution in [1.82, 2.24) is 10.2 Å². The Kier molecular flexibility index (Phi) is 7.32. The van der Waals surface area contributed by atoms with Gasteiger partial charge < -0.3 is 10.2 Å². The van der Waals surface area contributed by atoms with Gasteiger partial charge in [0.15, 0.2) is 5.78 Å². The van der Waals surface area contributed by atoms with Crippen LogP contribution >= 0.6 is 0 Å². The molecule has 1 heterocycles. The Bertz CT molecular complexity index is 838. The van der Waals surface area contributed by atoms with Crippen LogP contribution in [-0.2, 0) is 9.59 Å². The molecule has 1 aliphatic heterocycles. The summed E-state index contributed by atoms with van der Waals surface area (Å²) in [7, 11) is 0. The molecule has 5 heteroatoms. The number of carbonyl (C=O) groups excluding carboxylic acids is 3. The zero-order chi connectivity index (χ0) is 22.7. The minimum Gasteiger partial charge on any atom is -0.342 e. The summed E-state index contributed by atoms with van der Waals surface area (Å²) in [5.74, 6) is 1.16. The number of Topliss-reactive ketones (excluding diaryl/α,β-unsaturated/α-hetero) is 1. The number of ketones is 1. The molecule has 1 aromatic carbocycles. The fourth-order valence-electron chi connectivity index (χ4n) is 5.43. The van der Waals surface area contributed by atoms with Crippen LogP contribution in [0.4, 0.5) is 0 Å². The van der Waals surface area contributed by atoms with E-state index < -0.39 is 0 Å². The van der Waals surface area contributed by atoms with Crippen molar-refractivity contribution in [2.24, 2.45) is 17.8 Å². The van der Waals surface area contributed by atoms with Crippen molar-refractivity contribution >= 4 is 17.6 Å². The maximum Gasteiger partial charge on any atom is 0.251 e. The van der Waals surface area contributed by atoms with Gasteiger partial charge >= 0.3 is 0 Å². The molecule has 2 aliphatic carbocycles. The number of nitrogens with one attached hydrogen (secondary N) is 1. The minimum atomic E-state index is -0.386. The zero-order valence-corrected chi connectivity index (χ0v) is 19.6. The molecule has 0 spiro atoms.